The van der Waals surface area contributed by atoms with Crippen LogP contribution in [0, 0.1) is 16.0 Å². The van der Waals surface area contributed by atoms with Crippen molar-refractivity contribution in [2.24, 2.45) is 5.92 Å². The maximum absolute atomic E-state index is 12.5. The first-order chi connectivity index (χ1) is 11.1. The first-order valence-electron chi connectivity index (χ1n) is 7.99. The van der Waals surface area contributed by atoms with Crippen molar-refractivity contribution in [1.82, 2.24) is 14.5 Å². The topological polar surface area (TPSA) is 81.3 Å². The summed E-state index contributed by atoms with van der Waals surface area (Å²) in [5.74, 6) is -0.455. The van der Waals surface area contributed by atoms with Crippen molar-refractivity contribution in [2.45, 2.75) is 37.9 Å². The number of para-hydroxylation sites is 2. The molecule has 120 valence electrons. The molecule has 1 amide bonds. The number of benzene rings is 1. The van der Waals surface area contributed by atoms with E-state index in [2.05, 4.69) is 9.55 Å². The number of fused-ring (bicyclic) bond motifs is 1. The third-order valence-corrected chi connectivity index (χ3v) is 4.94. The van der Waals surface area contributed by atoms with E-state index in [0.717, 1.165) is 23.9 Å². The molecule has 3 atom stereocenters. The zero-order valence-electron chi connectivity index (χ0n) is 12.7. The molecule has 2 fully saturated rings. The monoisotopic (exact) mass is 314 g/mol. The highest BCUT2D eigenvalue weighted by Gasteiger charge is 2.55. The Kier molecular flexibility index (Phi) is 3.28. The summed E-state index contributed by atoms with van der Waals surface area (Å²) in [4.78, 5) is 29.2. The summed E-state index contributed by atoms with van der Waals surface area (Å²) >= 11 is 0. The van der Waals surface area contributed by atoms with Crippen LogP contribution in [0.15, 0.2) is 30.6 Å². The Labute approximate surface area is 133 Å². The summed E-state index contributed by atoms with van der Waals surface area (Å²) in [6.07, 6.45) is 4.10. The number of nitrogens with zero attached hydrogens (tertiary/aromatic N) is 4. The van der Waals surface area contributed by atoms with Crippen molar-refractivity contribution < 1.29 is 9.72 Å². The van der Waals surface area contributed by atoms with Gasteiger partial charge >= 0.3 is 0 Å². The van der Waals surface area contributed by atoms with Crippen molar-refractivity contribution in [3.8, 4) is 0 Å². The molecule has 1 aromatic carbocycles. The SMILES string of the molecule is O=C([C@@H]1C[C@H]1[N+](=O)[O-])N1CCC[C@H]1Cn1cnc2ccccc21. The maximum Gasteiger partial charge on any atom is 0.233 e. The van der Waals surface area contributed by atoms with E-state index in [1.54, 1.807) is 0 Å². The molecule has 0 spiro atoms. The molecule has 7 nitrogen and oxygen atoms in total. The smallest absolute Gasteiger partial charge is 0.233 e. The van der Waals surface area contributed by atoms with E-state index < -0.39 is 12.0 Å². The van der Waals surface area contributed by atoms with Gasteiger partial charge in [-0.25, -0.2) is 4.98 Å². The molecule has 2 aliphatic rings. The van der Waals surface area contributed by atoms with Gasteiger partial charge in [-0.15, -0.1) is 0 Å². The average molecular weight is 314 g/mol. The molecule has 7 heteroatoms. The summed E-state index contributed by atoms with van der Waals surface area (Å²) in [6.45, 7) is 1.40. The van der Waals surface area contributed by atoms with Crippen molar-refractivity contribution in [3.05, 3.63) is 40.7 Å². The van der Waals surface area contributed by atoms with E-state index in [0.29, 0.717) is 19.5 Å². The second-order valence-electron chi connectivity index (χ2n) is 6.41. The van der Waals surface area contributed by atoms with Crippen LogP contribution in [0.3, 0.4) is 0 Å². The van der Waals surface area contributed by atoms with E-state index >= 15 is 0 Å². The molecule has 0 unspecified atom stereocenters. The van der Waals surface area contributed by atoms with Gasteiger partial charge in [-0.1, -0.05) is 12.1 Å². The van der Waals surface area contributed by atoms with Crippen LogP contribution in [0.2, 0.25) is 0 Å². The van der Waals surface area contributed by atoms with Gasteiger partial charge < -0.3 is 9.47 Å². The van der Waals surface area contributed by atoms with Gasteiger partial charge in [0.2, 0.25) is 11.9 Å². The van der Waals surface area contributed by atoms with E-state index in [1.165, 1.54) is 0 Å². The molecule has 2 heterocycles. The largest absolute Gasteiger partial charge is 0.337 e. The van der Waals surface area contributed by atoms with Gasteiger partial charge in [-0.2, -0.15) is 0 Å². The number of hydrogen-bond acceptors (Lipinski definition) is 4. The van der Waals surface area contributed by atoms with Gasteiger partial charge in [0.1, 0.15) is 5.92 Å². The highest BCUT2D eigenvalue weighted by atomic mass is 16.6. The predicted molar refractivity (Wildman–Crippen MR) is 83.4 cm³/mol. The number of imidazole rings is 1. The van der Waals surface area contributed by atoms with Crippen molar-refractivity contribution in [2.75, 3.05) is 6.54 Å². The summed E-state index contributed by atoms with van der Waals surface area (Å²) in [7, 11) is 0. The first-order valence-corrected chi connectivity index (χ1v) is 7.99. The number of nitro groups is 1. The molecule has 1 saturated heterocycles. The molecule has 0 radical (unpaired) electrons. The van der Waals surface area contributed by atoms with E-state index in [1.807, 2.05) is 35.5 Å². The van der Waals surface area contributed by atoms with Crippen molar-refractivity contribution in [1.29, 1.82) is 0 Å². The lowest BCUT2D eigenvalue weighted by Crippen LogP contribution is -2.39. The molecule has 4 rings (SSSR count). The number of carbonyl (C=O) groups excluding carboxylic acids is 1. The lowest BCUT2D eigenvalue weighted by Gasteiger charge is -2.25. The Hall–Kier alpha value is -2.44. The number of rotatable bonds is 4. The number of aromatic nitrogens is 2. The fourth-order valence-corrected chi connectivity index (χ4v) is 3.59. The van der Waals surface area contributed by atoms with Gasteiger partial charge in [0.05, 0.1) is 17.4 Å². The minimum absolute atomic E-state index is 0.0429. The Morgan fingerprint density at radius 3 is 3.00 bits per heavy atom. The molecule has 1 aliphatic heterocycles. The molecule has 1 aromatic heterocycles. The van der Waals surface area contributed by atoms with Crippen LogP contribution in [-0.4, -0.2) is 43.9 Å². The Balaban J connectivity index is 1.50. The highest BCUT2D eigenvalue weighted by molar-refractivity contribution is 5.82. The van der Waals surface area contributed by atoms with Crippen LogP contribution in [0.4, 0.5) is 0 Å². The third-order valence-electron chi connectivity index (χ3n) is 4.94. The Morgan fingerprint density at radius 1 is 1.39 bits per heavy atom. The third kappa shape index (κ3) is 2.46. The van der Waals surface area contributed by atoms with Gasteiger partial charge in [0.25, 0.3) is 0 Å². The number of carbonyl (C=O) groups is 1. The Morgan fingerprint density at radius 2 is 2.22 bits per heavy atom. The fourth-order valence-electron chi connectivity index (χ4n) is 3.59. The van der Waals surface area contributed by atoms with Gasteiger partial charge in [0.15, 0.2) is 0 Å². The molecule has 23 heavy (non-hydrogen) atoms. The van der Waals surface area contributed by atoms with Crippen LogP contribution in [0.5, 0.6) is 0 Å². The predicted octanol–water partition coefficient (Wildman–Crippen LogP) is 1.69. The Bertz CT molecular complexity index is 772. The summed E-state index contributed by atoms with van der Waals surface area (Å²) < 4.78 is 2.07. The van der Waals surface area contributed by atoms with Gasteiger partial charge in [-0.05, 0) is 25.0 Å². The van der Waals surface area contributed by atoms with E-state index in [4.69, 9.17) is 0 Å². The molecule has 0 N–H and O–H groups in total. The van der Waals surface area contributed by atoms with Crippen LogP contribution < -0.4 is 0 Å². The summed E-state index contributed by atoms with van der Waals surface area (Å²) in [6, 6.07) is 7.35. The lowest BCUT2D eigenvalue weighted by atomic mass is 10.2. The van der Waals surface area contributed by atoms with Crippen LogP contribution in [-0.2, 0) is 11.3 Å². The lowest BCUT2D eigenvalue weighted by molar-refractivity contribution is -0.497. The molecular weight excluding hydrogens is 296 g/mol. The highest BCUT2D eigenvalue weighted by Crippen LogP contribution is 2.37. The number of hydrogen-bond donors (Lipinski definition) is 0. The molecule has 2 aromatic rings. The fraction of sp³-hybridized carbons (Fsp3) is 0.500. The van der Waals surface area contributed by atoms with E-state index in [-0.39, 0.29) is 16.9 Å². The van der Waals surface area contributed by atoms with Gasteiger partial charge in [0, 0.05) is 30.5 Å². The van der Waals surface area contributed by atoms with E-state index in [9.17, 15) is 14.9 Å². The van der Waals surface area contributed by atoms with Crippen molar-refractivity contribution in [3.63, 3.8) is 0 Å². The average Bonchev–Trinajstić information content (AvgIpc) is 3.07. The van der Waals surface area contributed by atoms with Crippen molar-refractivity contribution >= 4 is 16.9 Å². The zero-order chi connectivity index (χ0) is 16.0. The maximum atomic E-state index is 12.5. The summed E-state index contributed by atoms with van der Waals surface area (Å²) in [5.41, 5.74) is 2.00. The van der Waals surface area contributed by atoms with Crippen LogP contribution in [0.25, 0.3) is 11.0 Å². The second kappa shape index (κ2) is 5.33. The first kappa shape index (κ1) is 14.2. The molecule has 1 aliphatic carbocycles. The second-order valence-corrected chi connectivity index (χ2v) is 6.41. The zero-order valence-corrected chi connectivity index (χ0v) is 12.7. The molecular formula is C16H18N4O3. The van der Waals surface area contributed by atoms with Crippen LogP contribution >= 0.6 is 0 Å². The van der Waals surface area contributed by atoms with Gasteiger partial charge in [-0.3, -0.25) is 14.9 Å². The molecule has 0 bridgehead atoms. The quantitative estimate of drug-likeness (QED) is 0.635. The van der Waals surface area contributed by atoms with Crippen LogP contribution in [0.1, 0.15) is 19.3 Å². The standard InChI is InChI=1S/C16H18N4O3/c21-16(12-8-15(12)20(22)23)19-7-3-4-11(19)9-18-10-17-13-5-1-2-6-14(13)18/h1-2,5-6,10-12,15H,3-4,7-9H2/t11-,12+,15+/m0/s1. The minimum atomic E-state index is -0.669. The number of amides is 1. The molecule has 1 saturated carbocycles. The normalized spacial score (nSPS) is 26.6. The summed E-state index contributed by atoms with van der Waals surface area (Å²) in [5, 5.41) is 10.8. The number of likely N-dealkylation sites (tertiary alicyclic amines) is 1. The minimum Gasteiger partial charge on any atom is -0.337 e.